The topological polar surface area (TPSA) is 82.8 Å². The monoisotopic (exact) mass is 271 g/mol. The van der Waals surface area contributed by atoms with Crippen molar-refractivity contribution >= 4 is 21.9 Å². The fourth-order valence-corrected chi connectivity index (χ4v) is 1.52. The second kappa shape index (κ2) is 3.50. The normalized spacial score (nSPS) is 10.5. The average molecular weight is 272 g/mol. The van der Waals surface area contributed by atoms with Crippen LogP contribution in [0.5, 0.6) is 0 Å². The molecule has 4 N–H and O–H groups in total. The fraction of sp³-hybridized carbons (Fsp3) is 0. The van der Waals surface area contributed by atoms with Crippen molar-refractivity contribution in [3.8, 4) is 11.4 Å². The van der Waals surface area contributed by atoms with Crippen LogP contribution in [0.2, 0.25) is 0 Å². The summed E-state index contributed by atoms with van der Waals surface area (Å²) in [6.45, 7) is 0. The first-order valence-electron chi connectivity index (χ1n) is 4.01. The Morgan fingerprint density at radius 3 is 2.67 bits per heavy atom. The van der Waals surface area contributed by atoms with E-state index in [0.29, 0.717) is 0 Å². The summed E-state index contributed by atoms with van der Waals surface area (Å²) in [6, 6.07) is 4.45. The SMILES string of the molecule is Nc1nnc(-c2cc(Br)ccc2F)n1N. The van der Waals surface area contributed by atoms with E-state index in [0.717, 1.165) is 9.15 Å². The van der Waals surface area contributed by atoms with Crippen LogP contribution in [0.15, 0.2) is 22.7 Å². The van der Waals surface area contributed by atoms with Gasteiger partial charge < -0.3 is 11.6 Å². The number of hydrogen-bond donors (Lipinski definition) is 2. The summed E-state index contributed by atoms with van der Waals surface area (Å²) in [5.74, 6) is 5.32. The molecule has 78 valence electrons. The molecule has 0 radical (unpaired) electrons. The van der Waals surface area contributed by atoms with E-state index in [2.05, 4.69) is 26.1 Å². The van der Waals surface area contributed by atoms with Gasteiger partial charge in [0.1, 0.15) is 5.82 Å². The van der Waals surface area contributed by atoms with Gasteiger partial charge in [0.2, 0.25) is 5.95 Å². The number of nitrogen functional groups attached to an aromatic ring is 2. The van der Waals surface area contributed by atoms with Crippen LogP contribution >= 0.6 is 15.9 Å². The highest BCUT2D eigenvalue weighted by Gasteiger charge is 2.13. The van der Waals surface area contributed by atoms with E-state index in [4.69, 9.17) is 11.6 Å². The molecule has 0 aliphatic heterocycles. The summed E-state index contributed by atoms with van der Waals surface area (Å²) in [7, 11) is 0. The van der Waals surface area contributed by atoms with E-state index >= 15 is 0 Å². The lowest BCUT2D eigenvalue weighted by molar-refractivity contribution is 0.629. The fourth-order valence-electron chi connectivity index (χ4n) is 1.16. The second-order valence-corrected chi connectivity index (χ2v) is 3.79. The Morgan fingerprint density at radius 2 is 2.07 bits per heavy atom. The molecule has 0 aliphatic rings. The number of halogens is 2. The molecule has 1 aromatic heterocycles. The van der Waals surface area contributed by atoms with Gasteiger partial charge in [0.25, 0.3) is 0 Å². The van der Waals surface area contributed by atoms with Crippen molar-refractivity contribution in [3.05, 3.63) is 28.5 Å². The van der Waals surface area contributed by atoms with Crippen molar-refractivity contribution in [1.29, 1.82) is 0 Å². The average Bonchev–Trinajstić information content (AvgIpc) is 2.52. The van der Waals surface area contributed by atoms with Gasteiger partial charge in [0, 0.05) is 4.47 Å². The van der Waals surface area contributed by atoms with Gasteiger partial charge in [0.05, 0.1) is 5.56 Å². The van der Waals surface area contributed by atoms with Crippen molar-refractivity contribution in [1.82, 2.24) is 14.9 Å². The molecule has 2 rings (SSSR count). The third kappa shape index (κ3) is 1.65. The Kier molecular flexibility index (Phi) is 2.31. The van der Waals surface area contributed by atoms with Crippen LogP contribution in [-0.4, -0.2) is 14.9 Å². The highest BCUT2D eigenvalue weighted by Crippen LogP contribution is 2.24. The molecular weight excluding hydrogens is 265 g/mol. The molecule has 0 spiro atoms. The Hall–Kier alpha value is -1.63. The molecule has 5 nitrogen and oxygen atoms in total. The van der Waals surface area contributed by atoms with Crippen LogP contribution in [0.25, 0.3) is 11.4 Å². The van der Waals surface area contributed by atoms with Crippen LogP contribution < -0.4 is 11.6 Å². The van der Waals surface area contributed by atoms with Crippen molar-refractivity contribution in [3.63, 3.8) is 0 Å². The maximum absolute atomic E-state index is 13.4. The second-order valence-electron chi connectivity index (χ2n) is 2.88. The molecule has 0 fully saturated rings. The molecule has 7 heteroatoms. The van der Waals surface area contributed by atoms with E-state index in [9.17, 15) is 4.39 Å². The molecule has 1 heterocycles. The number of nitrogens with zero attached hydrogens (tertiary/aromatic N) is 3. The summed E-state index contributed by atoms with van der Waals surface area (Å²) < 4.78 is 15.2. The number of anilines is 1. The van der Waals surface area contributed by atoms with E-state index in [1.807, 2.05) is 0 Å². The molecule has 0 aliphatic carbocycles. The molecule has 0 unspecified atom stereocenters. The van der Waals surface area contributed by atoms with Gasteiger partial charge in [-0.3, -0.25) is 0 Å². The lowest BCUT2D eigenvalue weighted by Gasteiger charge is -2.03. The van der Waals surface area contributed by atoms with E-state index < -0.39 is 5.82 Å². The summed E-state index contributed by atoms with van der Waals surface area (Å²) in [4.78, 5) is 0. The van der Waals surface area contributed by atoms with Gasteiger partial charge in [-0.25, -0.2) is 9.07 Å². The van der Waals surface area contributed by atoms with Crippen LogP contribution in [0.4, 0.5) is 10.3 Å². The Morgan fingerprint density at radius 1 is 1.33 bits per heavy atom. The molecule has 15 heavy (non-hydrogen) atoms. The van der Waals surface area contributed by atoms with Gasteiger partial charge in [-0.15, -0.1) is 10.2 Å². The minimum atomic E-state index is -0.433. The van der Waals surface area contributed by atoms with E-state index in [1.165, 1.54) is 6.07 Å². The molecule has 0 saturated carbocycles. The highest BCUT2D eigenvalue weighted by atomic mass is 79.9. The van der Waals surface area contributed by atoms with Gasteiger partial charge in [-0.2, -0.15) is 0 Å². The summed E-state index contributed by atoms with van der Waals surface area (Å²) >= 11 is 3.23. The first-order chi connectivity index (χ1) is 7.09. The number of rotatable bonds is 1. The van der Waals surface area contributed by atoms with Crippen molar-refractivity contribution in [2.45, 2.75) is 0 Å². The van der Waals surface area contributed by atoms with Crippen molar-refractivity contribution in [2.24, 2.45) is 0 Å². The lowest BCUT2D eigenvalue weighted by atomic mass is 10.2. The zero-order valence-electron chi connectivity index (χ0n) is 7.48. The first-order valence-corrected chi connectivity index (χ1v) is 4.80. The van der Waals surface area contributed by atoms with E-state index in [1.54, 1.807) is 12.1 Å². The van der Waals surface area contributed by atoms with Gasteiger partial charge in [0.15, 0.2) is 5.82 Å². The molecule has 1 aromatic carbocycles. The third-order valence-electron chi connectivity index (χ3n) is 1.89. The zero-order chi connectivity index (χ0) is 11.0. The highest BCUT2D eigenvalue weighted by molar-refractivity contribution is 9.10. The first kappa shape index (κ1) is 9.91. The third-order valence-corrected chi connectivity index (χ3v) is 2.38. The zero-order valence-corrected chi connectivity index (χ0v) is 9.07. The Balaban J connectivity index is 2.63. The molecule has 0 amide bonds. The smallest absolute Gasteiger partial charge is 0.241 e. The minimum absolute atomic E-state index is 0.0318. The molecule has 0 saturated heterocycles. The van der Waals surface area contributed by atoms with Crippen LogP contribution in [-0.2, 0) is 0 Å². The van der Waals surface area contributed by atoms with Gasteiger partial charge in [-0.05, 0) is 18.2 Å². The van der Waals surface area contributed by atoms with Crippen LogP contribution in [0.1, 0.15) is 0 Å². The minimum Gasteiger partial charge on any atom is -0.366 e. The molecule has 0 atom stereocenters. The van der Waals surface area contributed by atoms with Crippen molar-refractivity contribution < 1.29 is 4.39 Å². The maximum atomic E-state index is 13.4. The van der Waals surface area contributed by atoms with E-state index in [-0.39, 0.29) is 17.3 Å². The molecule has 0 bridgehead atoms. The largest absolute Gasteiger partial charge is 0.366 e. The number of hydrogen-bond acceptors (Lipinski definition) is 4. The number of nitrogens with two attached hydrogens (primary N) is 2. The number of aromatic nitrogens is 3. The summed E-state index contributed by atoms with van der Waals surface area (Å²) in [5, 5.41) is 7.24. The number of benzene rings is 1. The standard InChI is InChI=1S/C8H7BrFN5/c9-4-1-2-6(10)5(3-4)7-13-14-8(11)15(7)12/h1-3H,12H2,(H2,11,14). The predicted octanol–water partition coefficient (Wildman–Crippen LogP) is 1.14. The van der Waals surface area contributed by atoms with Crippen LogP contribution in [0, 0.1) is 5.82 Å². The van der Waals surface area contributed by atoms with Gasteiger partial charge in [-0.1, -0.05) is 15.9 Å². The lowest BCUT2D eigenvalue weighted by Crippen LogP contribution is -2.13. The summed E-state index contributed by atoms with van der Waals surface area (Å²) in [5.41, 5.74) is 5.64. The molecular formula is C8H7BrFN5. The Labute approximate surface area is 93.0 Å². The van der Waals surface area contributed by atoms with Crippen LogP contribution in [0.3, 0.4) is 0 Å². The van der Waals surface area contributed by atoms with Crippen molar-refractivity contribution in [2.75, 3.05) is 11.6 Å². The summed E-state index contributed by atoms with van der Waals surface area (Å²) in [6.07, 6.45) is 0. The maximum Gasteiger partial charge on any atom is 0.241 e. The Bertz CT molecular complexity index is 510. The van der Waals surface area contributed by atoms with Gasteiger partial charge >= 0.3 is 0 Å². The quantitative estimate of drug-likeness (QED) is 0.762. The molecule has 2 aromatic rings. The predicted molar refractivity (Wildman–Crippen MR) is 57.7 cm³/mol.